The van der Waals surface area contributed by atoms with Gasteiger partial charge in [0.25, 0.3) is 0 Å². The number of fused-ring (bicyclic) bond motifs is 1. The summed E-state index contributed by atoms with van der Waals surface area (Å²) in [7, 11) is 1.35. The van der Waals surface area contributed by atoms with E-state index in [0.717, 1.165) is 43.4 Å². The first-order valence-corrected chi connectivity index (χ1v) is 11.5. The van der Waals surface area contributed by atoms with Crippen LogP contribution in [0.3, 0.4) is 0 Å². The monoisotopic (exact) mass is 442 g/mol. The summed E-state index contributed by atoms with van der Waals surface area (Å²) >= 11 is 0. The maximum Gasteiger partial charge on any atom is 0.356 e. The minimum Gasteiger partial charge on any atom is -0.464 e. The minimum atomic E-state index is -0.506. The maximum absolute atomic E-state index is 12.8. The number of methoxy groups -OCH3 is 1. The van der Waals surface area contributed by atoms with Gasteiger partial charge >= 0.3 is 5.97 Å². The molecule has 2 aromatic rings. The average molecular weight is 443 g/mol. The van der Waals surface area contributed by atoms with Crippen LogP contribution in [-0.2, 0) is 20.8 Å². The van der Waals surface area contributed by atoms with Crippen LogP contribution in [0.5, 0.6) is 0 Å². The molecule has 2 N–H and O–H groups in total. The van der Waals surface area contributed by atoms with Crippen molar-refractivity contribution in [1.29, 1.82) is 0 Å². The lowest BCUT2D eigenvalue weighted by atomic mass is 9.75. The van der Waals surface area contributed by atoms with E-state index < -0.39 is 5.97 Å². The molecular formula is C24H34N4O4. The Morgan fingerprint density at radius 1 is 1.31 bits per heavy atom. The number of ether oxygens (including phenoxy) is 2. The molecule has 2 fully saturated rings. The Labute approximate surface area is 189 Å². The molecule has 0 spiro atoms. The number of esters is 1. The summed E-state index contributed by atoms with van der Waals surface area (Å²) in [6.45, 7) is 7.26. The molecule has 174 valence electrons. The third kappa shape index (κ3) is 4.75. The van der Waals surface area contributed by atoms with Crippen LogP contribution in [0.4, 0.5) is 11.4 Å². The molecule has 0 bridgehead atoms. The van der Waals surface area contributed by atoms with Gasteiger partial charge in [0.15, 0.2) is 5.69 Å². The topological polar surface area (TPSA) is 94.5 Å². The predicted octanol–water partition coefficient (Wildman–Crippen LogP) is 4.34. The number of carbonyl (C=O) groups is 2. The maximum atomic E-state index is 12.8. The molecule has 1 amide bonds. The van der Waals surface area contributed by atoms with Gasteiger partial charge in [0.2, 0.25) is 5.91 Å². The fourth-order valence-electron chi connectivity index (χ4n) is 5.14. The van der Waals surface area contributed by atoms with Crippen molar-refractivity contribution < 1.29 is 19.1 Å². The lowest BCUT2D eigenvalue weighted by Gasteiger charge is -2.36. The number of aromatic nitrogens is 2. The van der Waals surface area contributed by atoms with E-state index >= 15 is 0 Å². The Kier molecular flexibility index (Phi) is 6.42. The number of carbonyl (C=O) groups excluding carboxylic acids is 2. The number of rotatable bonds is 6. The van der Waals surface area contributed by atoms with Crippen LogP contribution in [0.2, 0.25) is 0 Å². The van der Waals surface area contributed by atoms with E-state index in [-0.39, 0.29) is 12.0 Å². The van der Waals surface area contributed by atoms with Crippen molar-refractivity contribution >= 4 is 34.3 Å². The third-order valence-corrected chi connectivity index (χ3v) is 6.56. The molecule has 0 unspecified atom stereocenters. The smallest absolute Gasteiger partial charge is 0.356 e. The number of nitrogens with one attached hydrogen (secondary N) is 2. The molecule has 2 atom stereocenters. The zero-order valence-corrected chi connectivity index (χ0v) is 19.5. The Hall–Kier alpha value is -2.61. The van der Waals surface area contributed by atoms with E-state index in [1.165, 1.54) is 26.9 Å². The van der Waals surface area contributed by atoms with E-state index in [4.69, 9.17) is 14.5 Å². The molecule has 2 aliphatic rings. The van der Waals surface area contributed by atoms with Crippen LogP contribution in [0.25, 0.3) is 11.0 Å². The zero-order chi connectivity index (χ0) is 22.9. The normalized spacial score (nSPS) is 22.6. The minimum absolute atomic E-state index is 0.00301. The number of hydrogen-bond donors (Lipinski definition) is 2. The first kappa shape index (κ1) is 22.6. The van der Waals surface area contributed by atoms with Gasteiger partial charge in [-0.3, -0.25) is 4.79 Å². The first-order chi connectivity index (χ1) is 15.3. The summed E-state index contributed by atoms with van der Waals surface area (Å²) in [4.78, 5) is 29.5. The molecular weight excluding hydrogens is 408 g/mol. The molecule has 1 aliphatic heterocycles. The Morgan fingerprint density at radius 2 is 2.12 bits per heavy atom. The number of hydrogen-bond acceptors (Lipinski definition) is 6. The molecule has 1 aliphatic carbocycles. The molecule has 0 radical (unpaired) electrons. The highest BCUT2D eigenvalue weighted by molar-refractivity contribution is 6.11. The molecule has 2 aromatic heterocycles. The molecule has 1 saturated heterocycles. The van der Waals surface area contributed by atoms with Crippen LogP contribution in [0, 0.1) is 5.41 Å². The summed E-state index contributed by atoms with van der Waals surface area (Å²) in [5.74, 6) is -0.757. The van der Waals surface area contributed by atoms with Gasteiger partial charge < -0.3 is 24.7 Å². The lowest BCUT2D eigenvalue weighted by Crippen LogP contribution is -2.31. The van der Waals surface area contributed by atoms with E-state index in [1.807, 2.05) is 16.8 Å². The van der Waals surface area contributed by atoms with Crippen molar-refractivity contribution in [1.82, 2.24) is 9.55 Å². The van der Waals surface area contributed by atoms with Gasteiger partial charge in [-0.05, 0) is 43.6 Å². The summed E-state index contributed by atoms with van der Waals surface area (Å²) < 4.78 is 12.7. The first-order valence-electron chi connectivity index (χ1n) is 11.5. The van der Waals surface area contributed by atoms with Crippen molar-refractivity contribution in [2.75, 3.05) is 24.4 Å². The Balaban J connectivity index is 1.75. The molecule has 8 heteroatoms. The lowest BCUT2D eigenvalue weighted by molar-refractivity contribution is -0.114. The molecule has 8 nitrogen and oxygen atoms in total. The zero-order valence-electron chi connectivity index (χ0n) is 19.5. The van der Waals surface area contributed by atoms with Gasteiger partial charge in [0.1, 0.15) is 5.65 Å². The fourth-order valence-corrected chi connectivity index (χ4v) is 5.14. The molecule has 1 saturated carbocycles. The third-order valence-electron chi connectivity index (χ3n) is 6.56. The molecule has 32 heavy (non-hydrogen) atoms. The second kappa shape index (κ2) is 9.10. The van der Waals surface area contributed by atoms with Gasteiger partial charge in [0, 0.05) is 25.0 Å². The quantitative estimate of drug-likeness (QED) is 0.646. The van der Waals surface area contributed by atoms with Gasteiger partial charge in [-0.25, -0.2) is 9.78 Å². The van der Waals surface area contributed by atoms with Crippen LogP contribution in [-0.4, -0.2) is 47.3 Å². The van der Waals surface area contributed by atoms with E-state index in [2.05, 4.69) is 24.5 Å². The number of amides is 1. The van der Waals surface area contributed by atoms with E-state index in [1.54, 1.807) is 0 Å². The number of pyridine rings is 1. The van der Waals surface area contributed by atoms with E-state index in [9.17, 15) is 9.59 Å². The van der Waals surface area contributed by atoms with Gasteiger partial charge in [0.05, 0.1) is 37.3 Å². The van der Waals surface area contributed by atoms with Crippen molar-refractivity contribution in [3.05, 3.63) is 18.0 Å². The van der Waals surface area contributed by atoms with Crippen molar-refractivity contribution in [2.24, 2.45) is 5.41 Å². The summed E-state index contributed by atoms with van der Waals surface area (Å²) in [6.07, 6.45) is 8.38. The predicted molar refractivity (Wildman–Crippen MR) is 124 cm³/mol. The largest absolute Gasteiger partial charge is 0.464 e. The highest BCUT2D eigenvalue weighted by Crippen LogP contribution is 2.38. The summed E-state index contributed by atoms with van der Waals surface area (Å²) in [5.41, 5.74) is 2.59. The van der Waals surface area contributed by atoms with Crippen molar-refractivity contribution in [3.8, 4) is 0 Å². The van der Waals surface area contributed by atoms with Crippen LogP contribution in [0.1, 0.15) is 69.8 Å². The average Bonchev–Trinajstić information content (AvgIpc) is 3.33. The fraction of sp³-hybridized carbons (Fsp3) is 0.625. The van der Waals surface area contributed by atoms with Crippen molar-refractivity contribution in [3.63, 3.8) is 0 Å². The SMILES string of the molecule is COC(=O)c1c(NC(C)=O)c2cc(N[C@H]3CCCC(C)(C)C3)cnc2n1C[C@H]1CCCO1. The van der Waals surface area contributed by atoms with Gasteiger partial charge in [-0.15, -0.1) is 0 Å². The number of anilines is 2. The standard InChI is InChI=1S/C24H34N4O4/c1-15(29)26-20-19-11-17(27-16-7-5-9-24(2,3)12-16)13-25-22(19)28(21(20)23(30)31-4)14-18-8-6-10-32-18/h11,13,16,18,27H,5-10,12,14H2,1-4H3,(H,26,29)/t16-,18+/m0/s1. The molecule has 4 rings (SSSR count). The van der Waals surface area contributed by atoms with Crippen LogP contribution in [0.15, 0.2) is 12.3 Å². The van der Waals surface area contributed by atoms with Crippen LogP contribution < -0.4 is 10.6 Å². The number of nitrogens with zero attached hydrogens (tertiary/aromatic N) is 2. The highest BCUT2D eigenvalue weighted by atomic mass is 16.5. The summed E-state index contributed by atoms with van der Waals surface area (Å²) in [5, 5.41) is 7.20. The Morgan fingerprint density at radius 3 is 2.78 bits per heavy atom. The van der Waals surface area contributed by atoms with Gasteiger partial charge in [-0.1, -0.05) is 20.3 Å². The summed E-state index contributed by atoms with van der Waals surface area (Å²) in [6, 6.07) is 2.35. The van der Waals surface area contributed by atoms with Crippen molar-refractivity contribution in [2.45, 2.75) is 78.0 Å². The molecule has 3 heterocycles. The molecule has 0 aromatic carbocycles. The van der Waals surface area contributed by atoms with Crippen LogP contribution >= 0.6 is 0 Å². The van der Waals surface area contributed by atoms with E-state index in [0.29, 0.717) is 35.0 Å². The second-order valence-corrected chi connectivity index (χ2v) is 9.84. The second-order valence-electron chi connectivity index (χ2n) is 9.84. The van der Waals surface area contributed by atoms with Gasteiger partial charge in [-0.2, -0.15) is 0 Å². The Bertz CT molecular complexity index is 1010. The highest BCUT2D eigenvalue weighted by Gasteiger charge is 2.30.